The van der Waals surface area contributed by atoms with E-state index in [2.05, 4.69) is 0 Å². The summed E-state index contributed by atoms with van der Waals surface area (Å²) in [5.41, 5.74) is 0.773. The molecule has 0 saturated heterocycles. The van der Waals surface area contributed by atoms with Crippen molar-refractivity contribution in [3.05, 3.63) is 47.5 Å². The summed E-state index contributed by atoms with van der Waals surface area (Å²) >= 11 is 0. The maximum atomic E-state index is 12.1. The average molecular weight is 272 g/mol. The molecule has 1 aliphatic rings. The monoisotopic (exact) mass is 272 g/mol. The number of ether oxygens (including phenoxy) is 1. The van der Waals surface area contributed by atoms with Crippen LogP contribution in [-0.2, 0) is 0 Å². The fourth-order valence-corrected chi connectivity index (χ4v) is 2.29. The van der Waals surface area contributed by atoms with E-state index in [1.807, 2.05) is 0 Å². The number of rotatable bonds is 1. The van der Waals surface area contributed by atoms with Gasteiger partial charge < -0.3 is 20.1 Å². The van der Waals surface area contributed by atoms with Gasteiger partial charge in [-0.3, -0.25) is 4.79 Å². The normalized spacial score (nSPS) is 17.4. The molecular weight excluding hydrogens is 260 g/mol. The predicted molar refractivity (Wildman–Crippen MR) is 70.2 cm³/mol. The van der Waals surface area contributed by atoms with E-state index in [4.69, 9.17) is 4.74 Å². The Morgan fingerprint density at radius 3 is 2.55 bits per heavy atom. The van der Waals surface area contributed by atoms with E-state index in [-0.39, 0.29) is 35.0 Å². The number of fused-ring (bicyclic) bond motifs is 1. The average Bonchev–Trinajstić information content (AvgIpc) is 2.41. The number of phenolic OH excluding ortho intramolecular Hbond substituents is 3. The summed E-state index contributed by atoms with van der Waals surface area (Å²) in [5.74, 6) is -0.491. The molecule has 1 atom stereocenters. The first-order valence-electron chi connectivity index (χ1n) is 6.10. The van der Waals surface area contributed by atoms with Gasteiger partial charge in [-0.15, -0.1) is 0 Å². The Hall–Kier alpha value is -2.69. The standard InChI is InChI=1S/C15H12O5/c16-9-5-4-8(6-11(9)18)14-7-12(19)15-10(17)2-1-3-13(15)20-14/h1-6,14,16-18H,7H2/t14-/m0/s1. The maximum Gasteiger partial charge on any atom is 0.174 e. The van der Waals surface area contributed by atoms with Crippen molar-refractivity contribution < 1.29 is 24.9 Å². The molecule has 0 aliphatic carbocycles. The molecule has 3 N–H and O–H groups in total. The van der Waals surface area contributed by atoms with E-state index in [1.165, 1.54) is 18.2 Å². The van der Waals surface area contributed by atoms with Crippen LogP contribution in [-0.4, -0.2) is 21.1 Å². The number of carbonyl (C=O) groups excluding carboxylic acids is 1. The Kier molecular flexibility index (Phi) is 2.75. The molecule has 0 spiro atoms. The van der Waals surface area contributed by atoms with Crippen LogP contribution >= 0.6 is 0 Å². The maximum absolute atomic E-state index is 12.1. The summed E-state index contributed by atoms with van der Waals surface area (Å²) in [6, 6.07) is 8.93. The minimum atomic E-state index is -0.553. The highest BCUT2D eigenvalue weighted by atomic mass is 16.5. The Labute approximate surface area is 114 Å². The number of Topliss-reactive ketones (excluding diaryl/α,β-unsaturated/α-hetero) is 1. The van der Waals surface area contributed by atoms with Crippen molar-refractivity contribution in [3.63, 3.8) is 0 Å². The highest BCUT2D eigenvalue weighted by Crippen LogP contribution is 2.40. The Morgan fingerprint density at radius 1 is 1.00 bits per heavy atom. The lowest BCUT2D eigenvalue weighted by atomic mass is 9.95. The van der Waals surface area contributed by atoms with Gasteiger partial charge in [0.05, 0.1) is 6.42 Å². The molecule has 0 bridgehead atoms. The molecule has 1 heterocycles. The van der Waals surface area contributed by atoms with E-state index >= 15 is 0 Å². The Morgan fingerprint density at radius 2 is 1.80 bits per heavy atom. The number of hydrogen-bond donors (Lipinski definition) is 3. The van der Waals surface area contributed by atoms with Crippen LogP contribution in [0.1, 0.15) is 28.4 Å². The van der Waals surface area contributed by atoms with Crippen LogP contribution in [0.25, 0.3) is 0 Å². The van der Waals surface area contributed by atoms with Crippen LogP contribution in [0.2, 0.25) is 0 Å². The van der Waals surface area contributed by atoms with Crippen molar-refractivity contribution in [1.82, 2.24) is 0 Å². The van der Waals surface area contributed by atoms with Crippen LogP contribution < -0.4 is 4.74 Å². The highest BCUT2D eigenvalue weighted by molar-refractivity contribution is 6.02. The zero-order valence-corrected chi connectivity index (χ0v) is 10.4. The molecule has 5 heteroatoms. The van der Waals surface area contributed by atoms with Gasteiger partial charge in [-0.25, -0.2) is 0 Å². The molecule has 0 amide bonds. The molecule has 0 unspecified atom stereocenters. The third-order valence-electron chi connectivity index (χ3n) is 3.29. The Balaban J connectivity index is 1.99. The zero-order valence-electron chi connectivity index (χ0n) is 10.4. The third kappa shape index (κ3) is 1.93. The number of phenols is 3. The van der Waals surface area contributed by atoms with E-state index < -0.39 is 6.10 Å². The minimum absolute atomic E-state index is 0.0643. The molecule has 0 aromatic heterocycles. The third-order valence-corrected chi connectivity index (χ3v) is 3.29. The van der Waals surface area contributed by atoms with E-state index in [0.717, 1.165) is 0 Å². The van der Waals surface area contributed by atoms with Gasteiger partial charge in [0, 0.05) is 0 Å². The lowest BCUT2D eigenvalue weighted by Crippen LogP contribution is -2.20. The first-order valence-corrected chi connectivity index (χ1v) is 6.10. The van der Waals surface area contributed by atoms with E-state index in [0.29, 0.717) is 11.3 Å². The molecule has 0 fully saturated rings. The van der Waals surface area contributed by atoms with Crippen LogP contribution in [0, 0.1) is 0 Å². The van der Waals surface area contributed by atoms with Gasteiger partial charge >= 0.3 is 0 Å². The van der Waals surface area contributed by atoms with Crippen molar-refractivity contribution in [3.8, 4) is 23.0 Å². The van der Waals surface area contributed by atoms with Crippen LogP contribution in [0.5, 0.6) is 23.0 Å². The minimum Gasteiger partial charge on any atom is -0.507 e. The van der Waals surface area contributed by atoms with Crippen molar-refractivity contribution in [2.45, 2.75) is 12.5 Å². The molecule has 2 aromatic carbocycles. The molecular formula is C15H12O5. The predicted octanol–water partition coefficient (Wildman–Crippen LogP) is 2.51. The molecule has 20 heavy (non-hydrogen) atoms. The molecule has 102 valence electrons. The van der Waals surface area contributed by atoms with E-state index in [9.17, 15) is 20.1 Å². The van der Waals surface area contributed by atoms with Crippen LogP contribution in [0.3, 0.4) is 0 Å². The molecule has 1 aliphatic heterocycles. The largest absolute Gasteiger partial charge is 0.507 e. The van der Waals surface area contributed by atoms with Gasteiger partial charge in [0.25, 0.3) is 0 Å². The zero-order chi connectivity index (χ0) is 14.3. The lowest BCUT2D eigenvalue weighted by molar-refractivity contribution is 0.0845. The summed E-state index contributed by atoms with van der Waals surface area (Å²) < 4.78 is 5.69. The highest BCUT2D eigenvalue weighted by Gasteiger charge is 2.30. The van der Waals surface area contributed by atoms with Gasteiger partial charge in [-0.1, -0.05) is 12.1 Å². The topological polar surface area (TPSA) is 87.0 Å². The van der Waals surface area contributed by atoms with Gasteiger partial charge in [0.2, 0.25) is 0 Å². The SMILES string of the molecule is O=C1C[C@@H](c2ccc(O)c(O)c2)Oc2cccc(O)c21. The van der Waals surface area contributed by atoms with Crippen molar-refractivity contribution >= 4 is 5.78 Å². The van der Waals surface area contributed by atoms with Crippen LogP contribution in [0.15, 0.2) is 36.4 Å². The summed E-state index contributed by atoms with van der Waals surface area (Å²) in [6.07, 6.45) is -0.488. The first kappa shape index (κ1) is 12.3. The van der Waals surface area contributed by atoms with Crippen molar-refractivity contribution in [1.29, 1.82) is 0 Å². The lowest BCUT2D eigenvalue weighted by Gasteiger charge is -2.26. The summed E-state index contributed by atoms with van der Waals surface area (Å²) in [6.45, 7) is 0. The summed E-state index contributed by atoms with van der Waals surface area (Å²) in [7, 11) is 0. The number of ketones is 1. The van der Waals surface area contributed by atoms with Crippen molar-refractivity contribution in [2.24, 2.45) is 0 Å². The number of aromatic hydroxyl groups is 3. The molecule has 0 radical (unpaired) electrons. The molecule has 0 saturated carbocycles. The van der Waals surface area contributed by atoms with Crippen molar-refractivity contribution in [2.75, 3.05) is 0 Å². The van der Waals surface area contributed by atoms with Gasteiger partial charge in [-0.05, 0) is 29.8 Å². The summed E-state index contributed by atoms with van der Waals surface area (Å²) in [4.78, 5) is 12.1. The van der Waals surface area contributed by atoms with Gasteiger partial charge in [-0.2, -0.15) is 0 Å². The second kappa shape index (κ2) is 4.45. The fraction of sp³-hybridized carbons (Fsp3) is 0.133. The number of carbonyl (C=O) groups is 1. The smallest absolute Gasteiger partial charge is 0.174 e. The van der Waals surface area contributed by atoms with Crippen LogP contribution in [0.4, 0.5) is 0 Å². The molecule has 5 nitrogen and oxygen atoms in total. The van der Waals surface area contributed by atoms with Gasteiger partial charge in [0.15, 0.2) is 17.3 Å². The fourth-order valence-electron chi connectivity index (χ4n) is 2.29. The molecule has 3 rings (SSSR count). The first-order chi connectivity index (χ1) is 9.56. The van der Waals surface area contributed by atoms with Gasteiger partial charge in [0.1, 0.15) is 23.2 Å². The quantitative estimate of drug-likeness (QED) is 0.694. The second-order valence-corrected chi connectivity index (χ2v) is 4.63. The van der Waals surface area contributed by atoms with E-state index in [1.54, 1.807) is 18.2 Å². The number of hydrogen-bond acceptors (Lipinski definition) is 5. The molecule has 2 aromatic rings. The second-order valence-electron chi connectivity index (χ2n) is 4.63. The summed E-state index contributed by atoms with van der Waals surface area (Å²) in [5, 5.41) is 28.5. The number of benzene rings is 2. The Bertz CT molecular complexity index is 693.